The lowest BCUT2D eigenvalue weighted by molar-refractivity contribution is 0.393. The number of fused-ring (bicyclic) bond motifs is 1. The molecule has 0 atom stereocenters. The van der Waals surface area contributed by atoms with Crippen molar-refractivity contribution < 1.29 is 13.2 Å². The summed E-state index contributed by atoms with van der Waals surface area (Å²) in [4.78, 5) is 0. The van der Waals surface area contributed by atoms with Gasteiger partial charge in [0.2, 0.25) is 21.9 Å². The highest BCUT2D eigenvalue weighted by molar-refractivity contribution is 7.91. The Hall–Kier alpha value is -1.83. The summed E-state index contributed by atoms with van der Waals surface area (Å²) in [7, 11) is -1.91. The third-order valence-corrected chi connectivity index (χ3v) is 3.02. The van der Waals surface area contributed by atoms with Crippen LogP contribution in [0.4, 0.5) is 5.95 Å². The van der Waals surface area contributed by atoms with Crippen molar-refractivity contribution >= 4 is 21.6 Å². The topological polar surface area (TPSA) is 85.6 Å². The summed E-state index contributed by atoms with van der Waals surface area (Å²) in [5, 5.41) is 7.83. The van der Waals surface area contributed by atoms with Gasteiger partial charge in [-0.3, -0.25) is 4.72 Å². The molecular formula is C10H14N4O3S. The zero-order valence-corrected chi connectivity index (χ0v) is 11.2. The predicted octanol–water partition coefficient (Wildman–Crippen LogP) is 0.672. The van der Waals surface area contributed by atoms with Crippen molar-refractivity contribution in [3.63, 3.8) is 0 Å². The van der Waals surface area contributed by atoms with E-state index in [1.54, 1.807) is 10.5 Å². The number of aryl methyl sites for hydroxylation is 1. The minimum Gasteiger partial charge on any atom is -0.482 e. The zero-order valence-electron chi connectivity index (χ0n) is 10.3. The molecule has 0 aliphatic heterocycles. The number of aromatic nitrogens is 3. The van der Waals surface area contributed by atoms with Crippen molar-refractivity contribution in [1.29, 1.82) is 0 Å². The van der Waals surface area contributed by atoms with Crippen LogP contribution in [-0.4, -0.2) is 36.4 Å². The average Bonchev–Trinajstić information content (AvgIpc) is 2.70. The van der Waals surface area contributed by atoms with Gasteiger partial charge in [-0.05, 0) is 24.1 Å². The van der Waals surface area contributed by atoms with E-state index in [1.807, 2.05) is 13.0 Å². The number of anilines is 1. The highest BCUT2D eigenvalue weighted by atomic mass is 32.2. The molecule has 0 aliphatic carbocycles. The van der Waals surface area contributed by atoms with E-state index in [-0.39, 0.29) is 5.95 Å². The van der Waals surface area contributed by atoms with Crippen molar-refractivity contribution in [2.24, 2.45) is 0 Å². The molecule has 7 nitrogen and oxygen atoms in total. The number of pyridine rings is 1. The summed E-state index contributed by atoms with van der Waals surface area (Å²) in [6.45, 7) is 1.99. The maximum atomic E-state index is 11.3. The number of ether oxygens (including phenoxy) is 1. The molecule has 0 aromatic carbocycles. The quantitative estimate of drug-likeness (QED) is 0.882. The van der Waals surface area contributed by atoms with Crippen LogP contribution in [0.1, 0.15) is 12.5 Å². The molecule has 2 aromatic heterocycles. The van der Waals surface area contributed by atoms with Crippen LogP contribution in [-0.2, 0) is 16.4 Å². The summed E-state index contributed by atoms with van der Waals surface area (Å²) in [5.41, 5.74) is 1.55. The minimum absolute atomic E-state index is 0.125. The molecule has 8 heteroatoms. The highest BCUT2D eigenvalue weighted by Crippen LogP contribution is 2.22. The Kier molecular flexibility index (Phi) is 3.12. The van der Waals surface area contributed by atoms with Gasteiger partial charge in [0.1, 0.15) is 0 Å². The number of rotatable bonds is 4. The Morgan fingerprint density at radius 3 is 2.67 bits per heavy atom. The number of nitrogens with one attached hydrogen (secondary N) is 1. The van der Waals surface area contributed by atoms with Crippen LogP contribution < -0.4 is 9.46 Å². The zero-order chi connectivity index (χ0) is 13.3. The first kappa shape index (κ1) is 12.6. The molecule has 18 heavy (non-hydrogen) atoms. The molecule has 0 unspecified atom stereocenters. The Bertz CT molecular complexity index is 678. The fraction of sp³-hybridized carbons (Fsp3) is 0.400. The molecule has 0 saturated carbocycles. The Balaban J connectivity index is 2.69. The predicted molar refractivity (Wildman–Crippen MR) is 67.4 cm³/mol. The molecule has 2 aromatic rings. The van der Waals surface area contributed by atoms with Gasteiger partial charge in [0.05, 0.1) is 13.4 Å². The minimum atomic E-state index is -3.41. The van der Waals surface area contributed by atoms with Crippen molar-refractivity contribution in [2.45, 2.75) is 13.3 Å². The monoisotopic (exact) mass is 270 g/mol. The summed E-state index contributed by atoms with van der Waals surface area (Å²) in [6.07, 6.45) is 1.83. The average molecular weight is 270 g/mol. The van der Waals surface area contributed by atoms with Crippen molar-refractivity contribution in [3.8, 4) is 5.88 Å². The molecule has 2 heterocycles. The van der Waals surface area contributed by atoms with Gasteiger partial charge < -0.3 is 4.74 Å². The molecule has 98 valence electrons. The largest absolute Gasteiger partial charge is 0.482 e. The van der Waals surface area contributed by atoms with Crippen LogP contribution in [0.2, 0.25) is 0 Å². The number of methoxy groups -OCH3 is 1. The van der Waals surface area contributed by atoms with Crippen LogP contribution in [0.5, 0.6) is 5.88 Å². The highest BCUT2D eigenvalue weighted by Gasteiger charge is 2.15. The van der Waals surface area contributed by atoms with Gasteiger partial charge in [-0.1, -0.05) is 6.92 Å². The van der Waals surface area contributed by atoms with Crippen LogP contribution >= 0.6 is 0 Å². The molecule has 2 rings (SSSR count). The Morgan fingerprint density at radius 2 is 2.11 bits per heavy atom. The van der Waals surface area contributed by atoms with Crippen molar-refractivity contribution in [2.75, 3.05) is 18.1 Å². The van der Waals surface area contributed by atoms with Gasteiger partial charge in [0.25, 0.3) is 0 Å². The van der Waals surface area contributed by atoms with Crippen molar-refractivity contribution in [1.82, 2.24) is 14.6 Å². The first-order valence-corrected chi connectivity index (χ1v) is 7.24. The molecule has 0 radical (unpaired) electrons. The van der Waals surface area contributed by atoms with E-state index >= 15 is 0 Å². The summed E-state index contributed by atoms with van der Waals surface area (Å²) >= 11 is 0. The van der Waals surface area contributed by atoms with E-state index in [0.717, 1.165) is 18.2 Å². The van der Waals surface area contributed by atoms with Crippen LogP contribution in [0, 0.1) is 0 Å². The summed E-state index contributed by atoms with van der Waals surface area (Å²) in [6, 6.07) is 3.63. The molecule has 0 saturated heterocycles. The maximum Gasteiger partial charge on any atom is 0.245 e. The lowest BCUT2D eigenvalue weighted by Gasteiger charge is -2.08. The lowest BCUT2D eigenvalue weighted by Crippen LogP contribution is -2.13. The van der Waals surface area contributed by atoms with Gasteiger partial charge >= 0.3 is 0 Å². The SMILES string of the molecule is CCc1ccc(OC)n2c(NS(C)(=O)=O)nnc12. The standard InChI is InChI=1S/C10H14N4O3S/c1-4-7-5-6-8(17-2)14-9(7)11-12-10(14)13-18(3,15)16/h5-6H,4H2,1-3H3,(H,12,13). The van der Waals surface area contributed by atoms with E-state index in [1.165, 1.54) is 7.11 Å². The van der Waals surface area contributed by atoms with E-state index < -0.39 is 10.0 Å². The van der Waals surface area contributed by atoms with E-state index in [2.05, 4.69) is 14.9 Å². The van der Waals surface area contributed by atoms with Gasteiger partial charge in [-0.2, -0.15) is 0 Å². The lowest BCUT2D eigenvalue weighted by atomic mass is 10.2. The fourth-order valence-corrected chi connectivity index (χ4v) is 2.15. The molecule has 0 aliphatic rings. The molecule has 0 spiro atoms. The van der Waals surface area contributed by atoms with Gasteiger partial charge in [0.15, 0.2) is 5.65 Å². The Labute approximate surface area is 105 Å². The smallest absolute Gasteiger partial charge is 0.245 e. The second kappa shape index (κ2) is 4.45. The Morgan fingerprint density at radius 1 is 1.39 bits per heavy atom. The normalized spacial score (nSPS) is 11.7. The summed E-state index contributed by atoms with van der Waals surface area (Å²) in [5.74, 6) is 0.595. The number of sulfonamides is 1. The summed E-state index contributed by atoms with van der Waals surface area (Å²) < 4.78 is 31.6. The molecule has 0 amide bonds. The molecular weight excluding hydrogens is 256 g/mol. The second-order valence-corrected chi connectivity index (χ2v) is 5.56. The number of hydrogen-bond donors (Lipinski definition) is 1. The van der Waals surface area contributed by atoms with Gasteiger partial charge in [-0.15, -0.1) is 10.2 Å². The first-order chi connectivity index (χ1) is 8.46. The van der Waals surface area contributed by atoms with E-state index in [9.17, 15) is 8.42 Å². The molecule has 0 fully saturated rings. The van der Waals surface area contributed by atoms with Crippen LogP contribution in [0.3, 0.4) is 0 Å². The molecule has 0 bridgehead atoms. The van der Waals surface area contributed by atoms with E-state index in [0.29, 0.717) is 11.5 Å². The van der Waals surface area contributed by atoms with Crippen LogP contribution in [0.15, 0.2) is 12.1 Å². The van der Waals surface area contributed by atoms with Gasteiger partial charge in [0, 0.05) is 0 Å². The number of nitrogens with zero attached hydrogens (tertiary/aromatic N) is 3. The van der Waals surface area contributed by atoms with E-state index in [4.69, 9.17) is 4.74 Å². The van der Waals surface area contributed by atoms with Gasteiger partial charge in [-0.25, -0.2) is 12.8 Å². The third-order valence-electron chi connectivity index (χ3n) is 2.46. The second-order valence-electron chi connectivity index (χ2n) is 3.81. The third kappa shape index (κ3) is 2.23. The molecule has 1 N–H and O–H groups in total. The van der Waals surface area contributed by atoms with Crippen molar-refractivity contribution in [3.05, 3.63) is 17.7 Å². The maximum absolute atomic E-state index is 11.3. The number of hydrogen-bond acceptors (Lipinski definition) is 5. The first-order valence-electron chi connectivity index (χ1n) is 5.35. The van der Waals surface area contributed by atoms with Crippen LogP contribution in [0.25, 0.3) is 5.65 Å². The fourth-order valence-electron chi connectivity index (χ4n) is 1.69.